The molecule has 0 aliphatic carbocycles. The van der Waals surface area contributed by atoms with Gasteiger partial charge in [-0.3, -0.25) is 0 Å². The van der Waals surface area contributed by atoms with Gasteiger partial charge < -0.3 is 9.84 Å². The van der Waals surface area contributed by atoms with Gasteiger partial charge in [-0.2, -0.15) is 10.4 Å². The fraction of sp³-hybridized carbons (Fsp3) is 0.0556. The van der Waals surface area contributed by atoms with Crippen LogP contribution in [0.1, 0.15) is 21.6 Å². The molecule has 0 saturated carbocycles. The first kappa shape index (κ1) is 16.2. The number of aromatic nitrogens is 2. The molecular weight excluding hydrogens is 325 g/mol. The van der Waals surface area contributed by atoms with Crippen LogP contribution in [0.25, 0.3) is 5.69 Å². The summed E-state index contributed by atoms with van der Waals surface area (Å²) in [4.78, 5) is 11.4. The number of nitrogens with zero attached hydrogens (tertiary/aromatic N) is 3. The van der Waals surface area contributed by atoms with Crippen LogP contribution < -0.4 is 4.74 Å². The normalized spacial score (nSPS) is 10.2. The van der Waals surface area contributed by atoms with E-state index in [2.05, 4.69) is 5.10 Å². The molecule has 0 saturated heterocycles. The topological polar surface area (TPSA) is 88.1 Å². The first-order valence-electron chi connectivity index (χ1n) is 7.29. The van der Waals surface area contributed by atoms with Crippen LogP contribution in [0, 0.1) is 17.1 Å². The number of carboxylic acid groups (broad SMARTS) is 1. The maximum Gasteiger partial charge on any atom is 0.360 e. The molecule has 0 unspecified atom stereocenters. The standard InChI is InChI=1S/C18H12FN3O3/c19-14-7-3-4-8-15(14)22-10-16(17(21-22)18(23)24)25-11-13-6-2-1-5-12(13)9-20/h1-8,10H,11H2,(H,23,24). The van der Waals surface area contributed by atoms with Crippen molar-refractivity contribution in [1.29, 1.82) is 5.26 Å². The Morgan fingerprint density at radius 1 is 1.24 bits per heavy atom. The molecule has 1 heterocycles. The van der Waals surface area contributed by atoms with E-state index in [9.17, 15) is 14.3 Å². The molecule has 0 aliphatic heterocycles. The van der Waals surface area contributed by atoms with Crippen LogP contribution >= 0.6 is 0 Å². The van der Waals surface area contributed by atoms with E-state index in [0.717, 1.165) is 4.68 Å². The maximum atomic E-state index is 13.9. The highest BCUT2D eigenvalue weighted by atomic mass is 19.1. The lowest BCUT2D eigenvalue weighted by atomic mass is 10.1. The Morgan fingerprint density at radius 2 is 1.96 bits per heavy atom. The molecule has 0 aliphatic rings. The molecule has 3 rings (SSSR count). The summed E-state index contributed by atoms with van der Waals surface area (Å²) < 4.78 is 20.5. The molecule has 0 atom stereocenters. The second kappa shape index (κ2) is 6.84. The van der Waals surface area contributed by atoms with E-state index in [4.69, 9.17) is 10.00 Å². The monoisotopic (exact) mass is 337 g/mol. The molecule has 0 bridgehead atoms. The van der Waals surface area contributed by atoms with E-state index in [1.807, 2.05) is 6.07 Å². The van der Waals surface area contributed by atoms with Gasteiger partial charge in [0.25, 0.3) is 0 Å². The van der Waals surface area contributed by atoms with Gasteiger partial charge in [-0.1, -0.05) is 30.3 Å². The Kier molecular flexibility index (Phi) is 4.44. The van der Waals surface area contributed by atoms with Crippen molar-refractivity contribution in [3.63, 3.8) is 0 Å². The number of carbonyl (C=O) groups is 1. The number of benzene rings is 2. The van der Waals surface area contributed by atoms with Gasteiger partial charge in [0.1, 0.15) is 18.1 Å². The molecule has 3 aromatic rings. The van der Waals surface area contributed by atoms with Crippen LogP contribution in [0.15, 0.2) is 54.7 Å². The van der Waals surface area contributed by atoms with Crippen molar-refractivity contribution in [1.82, 2.24) is 9.78 Å². The quantitative estimate of drug-likeness (QED) is 0.772. The third-order valence-corrected chi connectivity index (χ3v) is 3.50. The van der Waals surface area contributed by atoms with E-state index in [-0.39, 0.29) is 23.7 Å². The number of para-hydroxylation sites is 1. The van der Waals surface area contributed by atoms with Crippen LogP contribution in [-0.2, 0) is 6.61 Å². The van der Waals surface area contributed by atoms with Crippen LogP contribution in [-0.4, -0.2) is 20.9 Å². The number of hydrogen-bond acceptors (Lipinski definition) is 4. The van der Waals surface area contributed by atoms with Crippen LogP contribution in [0.3, 0.4) is 0 Å². The largest absolute Gasteiger partial charge is 0.485 e. The molecule has 0 fully saturated rings. The third kappa shape index (κ3) is 3.33. The smallest absolute Gasteiger partial charge is 0.360 e. The van der Waals surface area contributed by atoms with Gasteiger partial charge >= 0.3 is 5.97 Å². The van der Waals surface area contributed by atoms with E-state index in [1.54, 1.807) is 30.3 Å². The van der Waals surface area contributed by atoms with Crippen molar-refractivity contribution < 1.29 is 19.0 Å². The number of hydrogen-bond donors (Lipinski definition) is 1. The zero-order chi connectivity index (χ0) is 17.8. The molecule has 1 N–H and O–H groups in total. The lowest BCUT2D eigenvalue weighted by Crippen LogP contribution is -2.04. The Bertz CT molecular complexity index is 976. The minimum absolute atomic E-state index is 0.00697. The zero-order valence-electron chi connectivity index (χ0n) is 12.9. The summed E-state index contributed by atoms with van der Waals surface area (Å²) in [6.45, 7) is -0.00697. The van der Waals surface area contributed by atoms with Crippen molar-refractivity contribution in [2.75, 3.05) is 0 Å². The van der Waals surface area contributed by atoms with Crippen LogP contribution in [0.2, 0.25) is 0 Å². The highest BCUT2D eigenvalue weighted by Gasteiger charge is 2.19. The summed E-state index contributed by atoms with van der Waals surface area (Å²) in [5.41, 5.74) is 0.816. The number of halogens is 1. The molecule has 25 heavy (non-hydrogen) atoms. The number of aromatic carboxylic acids is 1. The van der Waals surface area contributed by atoms with E-state index >= 15 is 0 Å². The van der Waals surface area contributed by atoms with Gasteiger partial charge in [-0.25, -0.2) is 13.9 Å². The van der Waals surface area contributed by atoms with Gasteiger partial charge in [-0.05, 0) is 18.2 Å². The predicted octanol–water partition coefficient (Wildman–Crippen LogP) is 3.16. The SMILES string of the molecule is N#Cc1ccccc1COc1cn(-c2ccccc2F)nc1C(=O)O. The molecule has 0 spiro atoms. The average molecular weight is 337 g/mol. The first-order chi connectivity index (χ1) is 12.1. The van der Waals surface area contributed by atoms with Crippen molar-refractivity contribution >= 4 is 5.97 Å². The molecule has 0 amide bonds. The minimum Gasteiger partial charge on any atom is -0.485 e. The van der Waals surface area contributed by atoms with Gasteiger partial charge in [-0.15, -0.1) is 0 Å². The fourth-order valence-corrected chi connectivity index (χ4v) is 2.28. The Labute approximate surface area is 142 Å². The highest BCUT2D eigenvalue weighted by Crippen LogP contribution is 2.23. The molecular formula is C18H12FN3O3. The van der Waals surface area contributed by atoms with Gasteiger partial charge in [0, 0.05) is 5.56 Å². The first-order valence-corrected chi connectivity index (χ1v) is 7.29. The average Bonchev–Trinajstić information content (AvgIpc) is 3.05. The summed E-state index contributed by atoms with van der Waals surface area (Å²) in [5, 5.41) is 22.3. The van der Waals surface area contributed by atoms with Crippen molar-refractivity contribution in [2.24, 2.45) is 0 Å². The molecule has 2 aromatic carbocycles. The Hall–Kier alpha value is -3.66. The number of ether oxygens (including phenoxy) is 1. The Morgan fingerprint density at radius 3 is 2.68 bits per heavy atom. The third-order valence-electron chi connectivity index (χ3n) is 3.50. The molecule has 1 aromatic heterocycles. The van der Waals surface area contributed by atoms with E-state index < -0.39 is 11.8 Å². The van der Waals surface area contributed by atoms with Crippen LogP contribution in [0.5, 0.6) is 5.75 Å². The second-order valence-electron chi connectivity index (χ2n) is 5.10. The van der Waals surface area contributed by atoms with Gasteiger partial charge in [0.15, 0.2) is 5.75 Å². The summed E-state index contributed by atoms with van der Waals surface area (Å²) in [6, 6.07) is 14.7. The maximum absolute atomic E-state index is 13.9. The highest BCUT2D eigenvalue weighted by molar-refractivity contribution is 5.88. The predicted molar refractivity (Wildman–Crippen MR) is 86.0 cm³/mol. The number of nitriles is 1. The van der Waals surface area contributed by atoms with Gasteiger partial charge in [0.05, 0.1) is 17.8 Å². The lowest BCUT2D eigenvalue weighted by Gasteiger charge is -2.06. The van der Waals surface area contributed by atoms with Crippen molar-refractivity contribution in [3.8, 4) is 17.5 Å². The zero-order valence-corrected chi connectivity index (χ0v) is 12.9. The lowest BCUT2D eigenvalue weighted by molar-refractivity contribution is 0.0685. The van der Waals surface area contributed by atoms with Crippen molar-refractivity contribution in [3.05, 3.63) is 77.4 Å². The van der Waals surface area contributed by atoms with E-state index in [1.165, 1.54) is 24.4 Å². The van der Waals surface area contributed by atoms with E-state index in [0.29, 0.717) is 11.1 Å². The number of carboxylic acids is 1. The van der Waals surface area contributed by atoms with Crippen molar-refractivity contribution in [2.45, 2.75) is 6.61 Å². The summed E-state index contributed by atoms with van der Waals surface area (Å²) in [7, 11) is 0. The molecule has 7 heteroatoms. The Balaban J connectivity index is 1.92. The molecule has 124 valence electrons. The summed E-state index contributed by atoms with van der Waals surface area (Å²) in [6.07, 6.45) is 1.30. The number of rotatable bonds is 5. The summed E-state index contributed by atoms with van der Waals surface area (Å²) in [5.74, 6) is -1.84. The fourth-order valence-electron chi connectivity index (χ4n) is 2.28. The minimum atomic E-state index is -1.29. The molecule has 0 radical (unpaired) electrons. The summed E-state index contributed by atoms with van der Waals surface area (Å²) >= 11 is 0. The second-order valence-corrected chi connectivity index (χ2v) is 5.10. The van der Waals surface area contributed by atoms with Gasteiger partial charge in [0.2, 0.25) is 5.69 Å². The molecule has 6 nitrogen and oxygen atoms in total. The van der Waals surface area contributed by atoms with Crippen LogP contribution in [0.4, 0.5) is 4.39 Å².